The molecule has 1 amide bonds. The van der Waals surface area contributed by atoms with E-state index in [-0.39, 0.29) is 23.3 Å². The molecule has 0 bridgehead atoms. The van der Waals surface area contributed by atoms with Crippen molar-refractivity contribution in [3.63, 3.8) is 0 Å². The van der Waals surface area contributed by atoms with Gasteiger partial charge >= 0.3 is 5.97 Å². The highest BCUT2D eigenvalue weighted by atomic mass is 32.2. The molecule has 16 heavy (non-hydrogen) atoms. The van der Waals surface area contributed by atoms with Gasteiger partial charge in [-0.3, -0.25) is 9.69 Å². The number of nitrogens with zero attached hydrogens (tertiary/aromatic N) is 1. The number of nitrogens with two attached hydrogens (primary N) is 1. The quantitative estimate of drug-likeness (QED) is 0.671. The van der Waals surface area contributed by atoms with Gasteiger partial charge in [-0.2, -0.15) is 0 Å². The lowest BCUT2D eigenvalue weighted by Crippen LogP contribution is -2.57. The fourth-order valence-corrected chi connectivity index (χ4v) is 3.12. The Morgan fingerprint density at radius 1 is 1.75 bits per heavy atom. The largest absolute Gasteiger partial charge is 0.484 e. The van der Waals surface area contributed by atoms with Crippen LogP contribution >= 0.6 is 11.8 Å². The summed E-state index contributed by atoms with van der Waals surface area (Å²) in [6, 6.07) is 0. The van der Waals surface area contributed by atoms with Gasteiger partial charge in [0, 0.05) is 6.54 Å². The highest BCUT2D eigenvalue weighted by Crippen LogP contribution is 2.54. The molecule has 0 spiro atoms. The van der Waals surface area contributed by atoms with E-state index in [1.54, 1.807) is 0 Å². The summed E-state index contributed by atoms with van der Waals surface area (Å²) >= 11 is 1.27. The third kappa shape index (κ3) is 1.47. The first kappa shape index (κ1) is 11.3. The Morgan fingerprint density at radius 3 is 2.94 bits per heavy atom. The summed E-state index contributed by atoms with van der Waals surface area (Å²) in [5.74, 6) is -1.32. The third-order valence-electron chi connectivity index (χ3n) is 2.48. The molecular weight excluding hydrogens is 232 g/mol. The van der Waals surface area contributed by atoms with Crippen molar-refractivity contribution >= 4 is 23.6 Å². The van der Waals surface area contributed by atoms with Crippen LogP contribution in [0.4, 0.5) is 0 Å². The molecule has 88 valence electrons. The van der Waals surface area contributed by atoms with Gasteiger partial charge in [0.15, 0.2) is 10.8 Å². The summed E-state index contributed by atoms with van der Waals surface area (Å²) in [4.78, 5) is 23.3. The van der Waals surface area contributed by atoms with Crippen molar-refractivity contribution in [2.24, 2.45) is 5.73 Å². The molecule has 2 rings (SSSR count). The second-order valence-corrected chi connectivity index (χ2v) is 5.22. The topological polar surface area (TPSA) is 92.9 Å². The molecule has 2 heterocycles. The fraction of sp³-hybridized carbons (Fsp3) is 0.556. The molecule has 1 atom stereocenters. The van der Waals surface area contributed by atoms with E-state index in [9.17, 15) is 9.59 Å². The average Bonchev–Trinajstić information content (AvgIpc) is 2.43. The smallest absolute Gasteiger partial charge is 0.357 e. The molecule has 0 aromatic heterocycles. The van der Waals surface area contributed by atoms with E-state index in [0.717, 1.165) is 0 Å². The van der Waals surface area contributed by atoms with E-state index in [4.69, 9.17) is 15.6 Å². The number of fused-ring (bicyclic) bond motifs is 1. The molecule has 6 nitrogen and oxygen atoms in total. The molecule has 2 aliphatic heterocycles. The Bertz CT molecular complexity index is 395. The van der Waals surface area contributed by atoms with Crippen LogP contribution in [-0.4, -0.2) is 39.9 Å². The first-order valence-corrected chi connectivity index (χ1v) is 5.64. The van der Waals surface area contributed by atoms with Gasteiger partial charge in [0.25, 0.3) is 0 Å². The summed E-state index contributed by atoms with van der Waals surface area (Å²) in [5.41, 5.74) is 5.23. The van der Waals surface area contributed by atoms with Crippen LogP contribution in [0.5, 0.6) is 0 Å². The molecule has 0 aliphatic carbocycles. The van der Waals surface area contributed by atoms with Crippen molar-refractivity contribution in [2.75, 3.05) is 13.2 Å². The number of thioether (sulfide) groups is 1. The zero-order valence-corrected chi connectivity index (χ0v) is 9.54. The molecule has 2 aliphatic rings. The van der Waals surface area contributed by atoms with E-state index in [1.807, 2.05) is 6.92 Å². The van der Waals surface area contributed by atoms with Crippen molar-refractivity contribution in [1.29, 1.82) is 0 Å². The number of carbonyl (C=O) groups is 2. The lowest BCUT2D eigenvalue weighted by Gasteiger charge is -2.43. The second-order valence-electron chi connectivity index (χ2n) is 3.76. The number of rotatable bonds is 4. The molecule has 0 aromatic carbocycles. The molecule has 0 saturated carbocycles. The Hall–Kier alpha value is -1.21. The highest BCUT2D eigenvalue weighted by molar-refractivity contribution is 8.04. The summed E-state index contributed by atoms with van der Waals surface area (Å²) in [6.45, 7) is 2.37. The predicted octanol–water partition coefficient (Wildman–Crippen LogP) is -0.0893. The van der Waals surface area contributed by atoms with E-state index >= 15 is 0 Å². The van der Waals surface area contributed by atoms with Gasteiger partial charge in [0.05, 0.1) is 6.42 Å². The van der Waals surface area contributed by atoms with Gasteiger partial charge in [-0.25, -0.2) is 4.79 Å². The maximum atomic E-state index is 11.4. The molecular formula is C9H12N2O4S. The van der Waals surface area contributed by atoms with E-state index < -0.39 is 10.8 Å². The van der Waals surface area contributed by atoms with Gasteiger partial charge < -0.3 is 15.6 Å². The van der Waals surface area contributed by atoms with Gasteiger partial charge in [0.2, 0.25) is 5.91 Å². The predicted molar refractivity (Wildman–Crippen MR) is 57.1 cm³/mol. The summed E-state index contributed by atoms with van der Waals surface area (Å²) in [6.07, 6.45) is 0.337. The first-order chi connectivity index (χ1) is 7.49. The van der Waals surface area contributed by atoms with Gasteiger partial charge in [-0.05, 0) is 6.92 Å². The molecule has 3 N–H and O–H groups in total. The third-order valence-corrected chi connectivity index (χ3v) is 3.75. The Balaban J connectivity index is 2.27. The van der Waals surface area contributed by atoms with E-state index in [2.05, 4.69) is 0 Å². The van der Waals surface area contributed by atoms with Gasteiger partial charge in [-0.1, -0.05) is 11.8 Å². The van der Waals surface area contributed by atoms with Crippen molar-refractivity contribution in [1.82, 2.24) is 4.90 Å². The van der Waals surface area contributed by atoms with Crippen molar-refractivity contribution in [2.45, 2.75) is 18.2 Å². The molecule has 0 radical (unpaired) electrons. The number of β-lactam (4-membered cyclic amide) rings is 1. The van der Waals surface area contributed by atoms with Crippen molar-refractivity contribution in [3.05, 3.63) is 10.8 Å². The molecule has 7 heteroatoms. The monoisotopic (exact) mass is 244 g/mol. The Morgan fingerprint density at radius 2 is 2.44 bits per heavy atom. The maximum absolute atomic E-state index is 11.4. The number of hydrogen-bond donors (Lipinski definition) is 2. The van der Waals surface area contributed by atoms with Gasteiger partial charge in [-0.15, -0.1) is 0 Å². The molecule has 0 unspecified atom stereocenters. The van der Waals surface area contributed by atoms with Crippen LogP contribution in [0, 0.1) is 0 Å². The van der Waals surface area contributed by atoms with Crippen LogP contribution in [0.25, 0.3) is 0 Å². The van der Waals surface area contributed by atoms with Crippen LogP contribution in [-0.2, 0) is 14.3 Å². The standard InChI is InChI=1S/C9H12N2O4S/c1-9-4-5(12)11(9)6(7(13)14)8(16-9)15-3-2-10/h2-4,10H2,1H3,(H,13,14)/t9-/m1/s1. The lowest BCUT2D eigenvalue weighted by atomic mass is 10.0. The van der Waals surface area contributed by atoms with Crippen LogP contribution in [0.1, 0.15) is 13.3 Å². The highest BCUT2D eigenvalue weighted by Gasteiger charge is 2.58. The van der Waals surface area contributed by atoms with E-state index in [0.29, 0.717) is 13.0 Å². The number of ether oxygens (including phenoxy) is 1. The van der Waals surface area contributed by atoms with Crippen LogP contribution < -0.4 is 5.73 Å². The molecule has 1 saturated heterocycles. The van der Waals surface area contributed by atoms with Crippen molar-refractivity contribution < 1.29 is 19.4 Å². The first-order valence-electron chi connectivity index (χ1n) is 4.82. The Labute approximate surface area is 96.4 Å². The van der Waals surface area contributed by atoms with Crippen LogP contribution in [0.15, 0.2) is 10.8 Å². The number of hydrogen-bond acceptors (Lipinski definition) is 5. The second kappa shape index (κ2) is 3.67. The SMILES string of the molecule is C[C@@]12CC(=O)N1C(C(=O)O)=C(OCCN)S2. The zero-order chi connectivity index (χ0) is 11.9. The minimum absolute atomic E-state index is 0.0581. The summed E-state index contributed by atoms with van der Waals surface area (Å²) < 4.78 is 5.26. The molecule has 1 fully saturated rings. The number of carbonyl (C=O) groups excluding carboxylic acids is 1. The number of carboxylic acid groups (broad SMARTS) is 1. The van der Waals surface area contributed by atoms with Gasteiger partial charge in [0.1, 0.15) is 11.5 Å². The average molecular weight is 244 g/mol. The number of aliphatic carboxylic acids is 1. The van der Waals surface area contributed by atoms with E-state index in [1.165, 1.54) is 16.7 Å². The normalized spacial score (nSPS) is 27.9. The number of amides is 1. The minimum atomic E-state index is -1.14. The summed E-state index contributed by atoms with van der Waals surface area (Å²) in [7, 11) is 0. The Kier molecular flexibility index (Phi) is 2.59. The molecule has 0 aromatic rings. The number of carboxylic acids is 1. The van der Waals surface area contributed by atoms with Crippen molar-refractivity contribution in [3.8, 4) is 0 Å². The van der Waals surface area contributed by atoms with Crippen LogP contribution in [0.3, 0.4) is 0 Å². The maximum Gasteiger partial charge on any atom is 0.357 e. The zero-order valence-electron chi connectivity index (χ0n) is 8.73. The summed E-state index contributed by atoms with van der Waals surface area (Å²) in [5, 5.41) is 9.34. The van der Waals surface area contributed by atoms with Crippen LogP contribution in [0.2, 0.25) is 0 Å². The fourth-order valence-electron chi connectivity index (χ4n) is 1.83. The minimum Gasteiger partial charge on any atom is -0.484 e. The lowest BCUT2D eigenvalue weighted by molar-refractivity contribution is -0.149.